The lowest BCUT2D eigenvalue weighted by Gasteiger charge is -2.09. The fourth-order valence-corrected chi connectivity index (χ4v) is 2.33. The topological polar surface area (TPSA) is 30.7 Å². The normalized spacial score (nSPS) is 11.2. The molecule has 2 aromatic heterocycles. The number of aromatic nitrogens is 3. The van der Waals surface area contributed by atoms with Crippen LogP contribution in [0.25, 0.3) is 16.7 Å². The molecule has 3 rings (SSSR count). The molecule has 0 unspecified atom stereocenters. The molecule has 3 nitrogen and oxygen atoms in total. The molecule has 0 saturated carbocycles. The summed E-state index contributed by atoms with van der Waals surface area (Å²) in [5.41, 5.74) is 1.42. The zero-order chi connectivity index (χ0) is 14.1. The van der Waals surface area contributed by atoms with E-state index in [0.717, 1.165) is 18.2 Å². The molecule has 0 radical (unpaired) electrons. The molecule has 6 heteroatoms. The largest absolute Gasteiger partial charge is 0.293 e. The van der Waals surface area contributed by atoms with Crippen LogP contribution in [0.5, 0.6) is 0 Å². The van der Waals surface area contributed by atoms with Gasteiger partial charge in [-0.2, -0.15) is 0 Å². The Morgan fingerprint density at radius 1 is 1.20 bits per heavy atom. The predicted molar refractivity (Wildman–Crippen MR) is 73.2 cm³/mol. The van der Waals surface area contributed by atoms with E-state index in [1.54, 1.807) is 23.0 Å². The Bertz CT molecular complexity index is 770. The van der Waals surface area contributed by atoms with Crippen molar-refractivity contribution in [1.82, 2.24) is 14.5 Å². The molecule has 102 valence electrons. The highest BCUT2D eigenvalue weighted by Gasteiger charge is 2.15. The molecule has 0 atom stereocenters. The molecule has 1 aromatic carbocycles. The molecule has 0 spiro atoms. The fraction of sp³-hybridized carbons (Fsp3) is 0.143. The maximum absolute atomic E-state index is 14.0. The number of rotatable bonds is 3. The Kier molecular flexibility index (Phi) is 3.36. The second-order valence-corrected chi connectivity index (χ2v) is 4.64. The number of fused-ring (bicyclic) bond motifs is 1. The highest BCUT2D eigenvalue weighted by Crippen LogP contribution is 2.24. The van der Waals surface area contributed by atoms with E-state index in [2.05, 4.69) is 9.97 Å². The molecule has 0 fully saturated rings. The molecule has 0 aliphatic heterocycles. The average Bonchev–Trinajstić information content (AvgIpc) is 2.80. The van der Waals surface area contributed by atoms with Gasteiger partial charge in [0.25, 0.3) is 0 Å². The second-order valence-electron chi connectivity index (χ2n) is 4.26. The predicted octanol–water partition coefficient (Wildman–Crippen LogP) is 3.48. The number of aryl methyl sites for hydroxylation is 1. The highest BCUT2D eigenvalue weighted by molar-refractivity contribution is 6.17. The maximum Gasteiger partial charge on any atom is 0.147 e. The Morgan fingerprint density at radius 2 is 2.05 bits per heavy atom. The highest BCUT2D eigenvalue weighted by atomic mass is 35.5. The summed E-state index contributed by atoms with van der Waals surface area (Å²) in [6.07, 6.45) is 3.62. The summed E-state index contributed by atoms with van der Waals surface area (Å²) in [7, 11) is 0. The number of hydrogen-bond acceptors (Lipinski definition) is 2. The first kappa shape index (κ1) is 13.0. The molecule has 0 amide bonds. The van der Waals surface area contributed by atoms with E-state index in [-0.39, 0.29) is 5.69 Å². The number of benzene rings is 1. The van der Waals surface area contributed by atoms with Gasteiger partial charge in [0.05, 0.1) is 17.4 Å². The van der Waals surface area contributed by atoms with Gasteiger partial charge < -0.3 is 0 Å². The Labute approximate surface area is 118 Å². The van der Waals surface area contributed by atoms with Gasteiger partial charge in [-0.15, -0.1) is 11.6 Å². The third kappa shape index (κ3) is 2.14. The Morgan fingerprint density at radius 3 is 2.85 bits per heavy atom. The number of pyridine rings is 1. The van der Waals surface area contributed by atoms with Crippen LogP contribution < -0.4 is 0 Å². The van der Waals surface area contributed by atoms with Crippen LogP contribution in [-0.2, 0) is 6.42 Å². The minimum absolute atomic E-state index is 0.124. The van der Waals surface area contributed by atoms with Gasteiger partial charge in [-0.05, 0) is 18.2 Å². The molecule has 0 saturated heterocycles. The van der Waals surface area contributed by atoms with Gasteiger partial charge >= 0.3 is 0 Å². The van der Waals surface area contributed by atoms with Crippen molar-refractivity contribution in [3.63, 3.8) is 0 Å². The lowest BCUT2D eigenvalue weighted by Crippen LogP contribution is -2.05. The van der Waals surface area contributed by atoms with E-state index in [0.29, 0.717) is 29.2 Å². The summed E-state index contributed by atoms with van der Waals surface area (Å²) in [6.45, 7) is 0. The standard InChI is InChI=1S/C14H10ClF2N3/c15-5-3-14-19-11-8-18-6-4-12(11)20(14)13-7-9(16)1-2-10(13)17/h1-2,4,6-8H,3,5H2. The molecule has 2 heterocycles. The molecule has 0 aliphatic rings. The average molecular weight is 294 g/mol. The number of imidazole rings is 1. The number of hydrogen-bond donors (Lipinski definition) is 0. The van der Waals surface area contributed by atoms with Crippen molar-refractivity contribution in [3.8, 4) is 5.69 Å². The van der Waals surface area contributed by atoms with Gasteiger partial charge in [0.15, 0.2) is 0 Å². The van der Waals surface area contributed by atoms with Crippen LogP contribution in [0.15, 0.2) is 36.7 Å². The zero-order valence-electron chi connectivity index (χ0n) is 10.4. The summed E-state index contributed by atoms with van der Waals surface area (Å²) < 4.78 is 29.0. The van der Waals surface area contributed by atoms with Gasteiger partial charge in [-0.25, -0.2) is 13.8 Å². The van der Waals surface area contributed by atoms with E-state index < -0.39 is 11.6 Å². The van der Waals surface area contributed by atoms with Crippen LogP contribution in [-0.4, -0.2) is 20.4 Å². The van der Waals surface area contributed by atoms with Crippen LogP contribution in [0, 0.1) is 11.6 Å². The smallest absolute Gasteiger partial charge is 0.147 e. The monoisotopic (exact) mass is 293 g/mol. The maximum atomic E-state index is 14.0. The molecule has 20 heavy (non-hydrogen) atoms. The summed E-state index contributed by atoms with van der Waals surface area (Å²) in [6, 6.07) is 5.04. The van der Waals surface area contributed by atoms with Crippen LogP contribution >= 0.6 is 11.6 Å². The van der Waals surface area contributed by atoms with Crippen LogP contribution in [0.1, 0.15) is 5.82 Å². The third-order valence-corrected chi connectivity index (χ3v) is 3.18. The van der Waals surface area contributed by atoms with Crippen molar-refractivity contribution in [2.45, 2.75) is 6.42 Å². The van der Waals surface area contributed by atoms with E-state index >= 15 is 0 Å². The van der Waals surface area contributed by atoms with Gasteiger partial charge in [0.2, 0.25) is 0 Å². The number of nitrogens with zero attached hydrogens (tertiary/aromatic N) is 3. The third-order valence-electron chi connectivity index (χ3n) is 2.99. The van der Waals surface area contributed by atoms with E-state index in [1.165, 1.54) is 0 Å². The van der Waals surface area contributed by atoms with Crippen molar-refractivity contribution in [2.24, 2.45) is 0 Å². The molecule has 0 bridgehead atoms. The summed E-state index contributed by atoms with van der Waals surface area (Å²) >= 11 is 5.76. The van der Waals surface area contributed by atoms with Crippen molar-refractivity contribution in [1.29, 1.82) is 0 Å². The zero-order valence-corrected chi connectivity index (χ0v) is 11.1. The first-order chi connectivity index (χ1) is 9.70. The van der Waals surface area contributed by atoms with E-state index in [1.807, 2.05) is 0 Å². The van der Waals surface area contributed by atoms with Crippen molar-refractivity contribution < 1.29 is 8.78 Å². The number of alkyl halides is 1. The first-order valence-electron chi connectivity index (χ1n) is 6.03. The molecule has 3 aromatic rings. The van der Waals surface area contributed by atoms with Gasteiger partial charge in [0.1, 0.15) is 23.0 Å². The molecular weight excluding hydrogens is 284 g/mol. The summed E-state index contributed by atoms with van der Waals surface area (Å²) in [5, 5.41) is 0. The Hall–Kier alpha value is -2.01. The van der Waals surface area contributed by atoms with Crippen LogP contribution in [0.3, 0.4) is 0 Å². The van der Waals surface area contributed by atoms with Crippen molar-refractivity contribution in [3.05, 3.63) is 54.1 Å². The lowest BCUT2D eigenvalue weighted by atomic mass is 10.2. The SMILES string of the molecule is Fc1ccc(F)c(-n2c(CCCl)nc3cnccc32)c1. The molecule has 0 aliphatic carbocycles. The first-order valence-corrected chi connectivity index (χ1v) is 6.57. The Balaban J connectivity index is 2.33. The molecule has 0 N–H and O–H groups in total. The quantitative estimate of drug-likeness (QED) is 0.692. The van der Waals surface area contributed by atoms with Gasteiger partial charge in [-0.3, -0.25) is 9.55 Å². The molecular formula is C14H10ClF2N3. The van der Waals surface area contributed by atoms with Crippen molar-refractivity contribution >= 4 is 22.6 Å². The minimum Gasteiger partial charge on any atom is -0.293 e. The second kappa shape index (κ2) is 5.17. The van der Waals surface area contributed by atoms with Crippen molar-refractivity contribution in [2.75, 3.05) is 5.88 Å². The summed E-state index contributed by atoms with van der Waals surface area (Å²) in [4.78, 5) is 8.36. The fourth-order valence-electron chi connectivity index (χ4n) is 2.16. The number of halogens is 3. The van der Waals surface area contributed by atoms with Gasteiger partial charge in [-0.1, -0.05) is 0 Å². The lowest BCUT2D eigenvalue weighted by molar-refractivity contribution is 0.592. The van der Waals surface area contributed by atoms with Crippen LogP contribution in [0.4, 0.5) is 8.78 Å². The van der Waals surface area contributed by atoms with E-state index in [4.69, 9.17) is 11.6 Å². The summed E-state index contributed by atoms with van der Waals surface area (Å²) in [5.74, 6) is -0.104. The van der Waals surface area contributed by atoms with Gasteiger partial charge in [0, 0.05) is 24.6 Å². The van der Waals surface area contributed by atoms with E-state index in [9.17, 15) is 8.78 Å². The van der Waals surface area contributed by atoms with Crippen LogP contribution in [0.2, 0.25) is 0 Å². The minimum atomic E-state index is -0.515.